The van der Waals surface area contributed by atoms with Gasteiger partial charge in [-0.05, 0) is 107 Å². The lowest BCUT2D eigenvalue weighted by Crippen LogP contribution is -2.37. The van der Waals surface area contributed by atoms with Crippen LogP contribution in [0.25, 0.3) is 44.0 Å². The van der Waals surface area contributed by atoms with Crippen LogP contribution in [0.4, 0.5) is 43.4 Å². The van der Waals surface area contributed by atoms with Gasteiger partial charge in [-0.2, -0.15) is 42.5 Å². The first-order chi connectivity index (χ1) is 54.4. The molecule has 34 nitrogen and oxygen atoms in total. The molecule has 0 saturated heterocycles. The summed E-state index contributed by atoms with van der Waals surface area (Å²) in [4.78, 5) is 79.7. The van der Waals surface area contributed by atoms with Crippen molar-refractivity contribution >= 4 is 99.3 Å². The number of benzene rings is 6. The zero-order valence-corrected chi connectivity index (χ0v) is 63.5. The van der Waals surface area contributed by atoms with E-state index in [1.165, 1.54) is 133 Å². The van der Waals surface area contributed by atoms with Crippen LogP contribution in [0.5, 0.6) is 46.3 Å². The number of ether oxygens (including phenoxy) is 6. The fourth-order valence-corrected chi connectivity index (χ4v) is 13.7. The largest absolute Gasteiger partial charge is 0.586 e. The molecule has 0 unspecified atom stereocenters. The molecule has 606 valence electrons. The molecule has 0 saturated carbocycles. The average molecular weight is 1670 g/mol. The van der Waals surface area contributed by atoms with Gasteiger partial charge >= 0.3 is 39.1 Å². The zero-order valence-electron chi connectivity index (χ0n) is 61.1. The van der Waals surface area contributed by atoms with Crippen molar-refractivity contribution in [3.8, 4) is 63.6 Å². The summed E-state index contributed by atoms with van der Waals surface area (Å²) < 4.78 is 172. The number of halogens is 7. The number of anilines is 3. The van der Waals surface area contributed by atoms with E-state index in [1.807, 2.05) is 6.92 Å². The van der Waals surface area contributed by atoms with E-state index in [0.29, 0.717) is 40.3 Å². The molecular formula is C73H65ClF6N16O18S2. The number of H-pyrrole nitrogens is 1. The van der Waals surface area contributed by atoms with Crippen molar-refractivity contribution in [3.63, 3.8) is 0 Å². The minimum Gasteiger partial charge on any atom is -0.395 e. The Balaban J connectivity index is 0.000000158. The van der Waals surface area contributed by atoms with Crippen LogP contribution < -0.4 is 68.2 Å². The molecule has 0 bridgehead atoms. The molecule has 1 N–H and O–H groups in total. The van der Waals surface area contributed by atoms with E-state index in [-0.39, 0.29) is 115 Å². The van der Waals surface area contributed by atoms with E-state index in [4.69, 9.17) is 20.0 Å². The van der Waals surface area contributed by atoms with Crippen molar-refractivity contribution in [1.82, 2.24) is 59.1 Å². The molecule has 6 aromatic carbocycles. The fraction of sp³-hybridized carbons (Fsp3) is 0.247. The molecule has 0 radical (unpaired) electrons. The second kappa shape index (κ2) is 32.9. The van der Waals surface area contributed by atoms with Gasteiger partial charge in [0.25, 0.3) is 28.4 Å². The summed E-state index contributed by atoms with van der Waals surface area (Å²) in [6.07, 6.45) is -7.34. The van der Waals surface area contributed by atoms with Crippen LogP contribution in [0, 0.1) is 25.2 Å². The Morgan fingerprint density at radius 2 is 0.897 bits per heavy atom. The maximum atomic E-state index is 13.4. The number of hydrogen-bond donors (Lipinski definition) is 1. The number of nitrogens with one attached hydrogen (secondary N) is 1. The third-order valence-electron chi connectivity index (χ3n) is 17.2. The van der Waals surface area contributed by atoms with E-state index in [1.54, 1.807) is 90.3 Å². The Kier molecular flexibility index (Phi) is 23.6. The highest BCUT2D eigenvalue weighted by Crippen LogP contribution is 2.46. The Hall–Kier alpha value is -13.6. The number of aryl methyl sites for hydroxylation is 5. The molecule has 0 aliphatic carbocycles. The molecule has 12 aromatic rings. The standard InChI is InChI=1S/C24H18F2N6O4.C24H21F2N5O7S.C13H12N4O4S.C11H10ClF2NO3.CH4/c1-3-31(16-7-8-18-19(10-16)36-24(25,26)35-18)20(33)13-32-23(34)17-12-28-30(2)22(17)21(29-32)15-6-4-5-14(9-15)11-27;1-4-30(15-7-10-18-19(11-15)37-24(25,26)36-18)20(32)13-31-23(33)17-12-27-29(3)21(17)22(28-31)38-39(34,35)16-8-5-14(2)6-9-16;1-8-3-5-9(6-4-8)22(19,20)21-13-11-10(7-14-17(11)2)12(18)15-16-13;1-2-15(10(16)6-12)7-3-4-8-9(5-7)18-11(13,14)17-8;/h4-10,12H,3,13H2,1-2H3;5-12H,4,13H2,1-3H3;3-7H,1-2H3,(H,15,18);3-5H,2,6H2,1H3;1H4. The van der Waals surface area contributed by atoms with E-state index < -0.39 is 86.6 Å². The van der Waals surface area contributed by atoms with Gasteiger partial charge in [-0.1, -0.05) is 55.0 Å². The molecule has 116 heavy (non-hydrogen) atoms. The summed E-state index contributed by atoms with van der Waals surface area (Å²) >= 11 is 5.47. The highest BCUT2D eigenvalue weighted by atomic mass is 35.5. The number of aromatic nitrogens is 12. The highest BCUT2D eigenvalue weighted by Gasteiger charge is 2.46. The number of hydrogen-bond acceptors (Lipinski definition) is 25. The second-order valence-electron chi connectivity index (χ2n) is 24.9. The van der Waals surface area contributed by atoms with Crippen LogP contribution in [-0.4, -0.2) is 138 Å². The number of aromatic amines is 1. The number of amides is 3. The number of nitrogens with zero attached hydrogens (tertiary/aromatic N) is 15. The van der Waals surface area contributed by atoms with Crippen LogP contribution in [0.2, 0.25) is 0 Å². The normalized spacial score (nSPS) is 13.5. The smallest absolute Gasteiger partial charge is 0.395 e. The first-order valence-electron chi connectivity index (χ1n) is 33.9. The first kappa shape index (κ1) is 83.4. The van der Waals surface area contributed by atoms with Gasteiger partial charge in [-0.15, -0.1) is 48.1 Å². The second-order valence-corrected chi connectivity index (χ2v) is 28.2. The molecule has 15 rings (SSSR count). The Morgan fingerprint density at radius 3 is 1.32 bits per heavy atom. The summed E-state index contributed by atoms with van der Waals surface area (Å²) in [5.41, 5.74) is 3.04. The maximum absolute atomic E-state index is 13.4. The predicted octanol–water partition coefficient (Wildman–Crippen LogP) is 9.59. The minimum atomic E-state index is -4.35. The molecule has 0 spiro atoms. The zero-order chi connectivity index (χ0) is 83.0. The van der Waals surface area contributed by atoms with E-state index in [2.05, 4.69) is 70.2 Å². The quantitative estimate of drug-likeness (QED) is 0.0474. The van der Waals surface area contributed by atoms with Crippen molar-refractivity contribution in [2.75, 3.05) is 40.2 Å². The summed E-state index contributed by atoms with van der Waals surface area (Å²) in [5, 5.41) is 36.1. The van der Waals surface area contributed by atoms with Crippen molar-refractivity contribution in [3.05, 3.63) is 194 Å². The third kappa shape index (κ3) is 17.6. The lowest BCUT2D eigenvalue weighted by atomic mass is 10.1. The maximum Gasteiger partial charge on any atom is 0.586 e. The van der Waals surface area contributed by atoms with Gasteiger partial charge in [0.2, 0.25) is 17.7 Å². The van der Waals surface area contributed by atoms with E-state index in [9.17, 15) is 77.2 Å². The predicted molar refractivity (Wildman–Crippen MR) is 402 cm³/mol. The number of alkyl halides is 7. The van der Waals surface area contributed by atoms with Gasteiger partial charge in [0.05, 0.1) is 46.4 Å². The Bertz CT molecular complexity index is 6320. The number of nitriles is 1. The number of carbonyl (C=O) groups excluding carboxylic acids is 3. The van der Waals surface area contributed by atoms with Crippen LogP contribution >= 0.6 is 11.6 Å². The number of rotatable bonds is 18. The van der Waals surface area contributed by atoms with Crippen molar-refractivity contribution in [1.29, 1.82) is 5.26 Å². The first-order valence-corrected chi connectivity index (χ1v) is 37.2. The Morgan fingerprint density at radius 1 is 0.517 bits per heavy atom. The monoisotopic (exact) mass is 1670 g/mol. The van der Waals surface area contributed by atoms with E-state index >= 15 is 0 Å². The topological polar surface area (TPSA) is 396 Å². The Labute approximate surface area is 657 Å². The van der Waals surface area contributed by atoms with Gasteiger partial charge in [-0.3, -0.25) is 42.8 Å². The lowest BCUT2D eigenvalue weighted by Gasteiger charge is -2.21. The summed E-state index contributed by atoms with van der Waals surface area (Å²) in [6, 6.07) is 32.9. The summed E-state index contributed by atoms with van der Waals surface area (Å²) in [6.45, 7) is 8.36. The lowest BCUT2D eigenvalue weighted by molar-refractivity contribution is -0.287. The minimum absolute atomic E-state index is 0. The van der Waals surface area contributed by atoms with Gasteiger partial charge in [-0.25, -0.2) is 14.5 Å². The highest BCUT2D eigenvalue weighted by molar-refractivity contribution is 7.87. The molecule has 43 heteroatoms. The summed E-state index contributed by atoms with van der Waals surface area (Å²) in [7, 11) is -3.70. The van der Waals surface area contributed by atoms with Crippen LogP contribution in [-0.2, 0) is 68.9 Å². The number of likely N-dealkylation sites (N-methyl/N-ethyl adjacent to an activating group) is 2. The van der Waals surface area contributed by atoms with Gasteiger partial charge in [0.1, 0.15) is 51.0 Å². The van der Waals surface area contributed by atoms with Crippen molar-refractivity contribution in [2.45, 2.75) is 83.8 Å². The van der Waals surface area contributed by atoms with Gasteiger partial charge < -0.3 is 51.5 Å². The molecule has 0 fully saturated rings. The SMILES string of the molecule is C.CCN(C(=O)CCl)c1ccc2c(c1)OC(F)(F)O2.CCN(C(=O)Cn1nc(-c2cccc(C#N)c2)c2c(cnn2C)c1=O)c1ccc2c(c1)OC(F)(F)O2.CCN(C(=O)Cn1nc(OS(=O)(=O)c2ccc(C)cc2)c2c(cnn2C)c1=O)c1ccc2c(c1)OC(F)(F)O2.Cc1ccc(S(=O)(=O)Oc2n[nH]c(=O)c3cnn(C)c23)cc1. The van der Waals surface area contributed by atoms with E-state index in [0.717, 1.165) is 20.5 Å². The fourth-order valence-electron chi connectivity index (χ4n) is 11.8. The molecule has 6 aromatic heterocycles. The molecule has 9 heterocycles. The molecule has 3 aliphatic rings. The van der Waals surface area contributed by atoms with Gasteiger partial charge in [0, 0.05) is 81.6 Å². The third-order valence-corrected chi connectivity index (χ3v) is 19.9. The number of carbonyl (C=O) groups is 3. The van der Waals surface area contributed by atoms with Crippen molar-refractivity contribution in [2.24, 2.45) is 21.1 Å². The average Bonchev–Trinajstić information content (AvgIpc) is 1.57. The van der Waals surface area contributed by atoms with Crippen LogP contribution in [0.1, 0.15) is 44.9 Å². The van der Waals surface area contributed by atoms with Gasteiger partial charge in [0.15, 0.2) is 34.5 Å². The molecule has 3 amide bonds. The molecule has 0 atom stereocenters. The molecule has 3 aliphatic heterocycles. The van der Waals surface area contributed by atoms with Crippen LogP contribution in [0.3, 0.4) is 0 Å². The van der Waals surface area contributed by atoms with Crippen LogP contribution in [0.15, 0.2) is 170 Å². The summed E-state index contributed by atoms with van der Waals surface area (Å²) in [5.74, 6) is -3.27. The molecular weight excluding hydrogens is 1600 g/mol. The van der Waals surface area contributed by atoms with Crippen molar-refractivity contribution < 1.29 is 94.3 Å². The number of fused-ring (bicyclic) bond motifs is 6.